The van der Waals surface area contributed by atoms with Crippen molar-refractivity contribution in [3.8, 4) is 11.3 Å². The molecule has 0 aliphatic carbocycles. The van der Waals surface area contributed by atoms with E-state index in [0.717, 1.165) is 22.2 Å². The molecule has 4 aromatic rings. The van der Waals surface area contributed by atoms with Crippen molar-refractivity contribution >= 4 is 50.4 Å². The number of nitrogens with zero attached hydrogens (tertiary/aromatic N) is 1. The average Bonchev–Trinajstić information content (AvgIpc) is 3.39. The number of anilines is 1. The van der Waals surface area contributed by atoms with Gasteiger partial charge in [-0.2, -0.15) is 0 Å². The van der Waals surface area contributed by atoms with Gasteiger partial charge in [0, 0.05) is 40.9 Å². The molecule has 0 atom stereocenters. The molecular weight excluding hydrogens is 366 g/mol. The minimum absolute atomic E-state index is 0.00577. The van der Waals surface area contributed by atoms with E-state index in [-0.39, 0.29) is 24.5 Å². The molecule has 0 unspecified atom stereocenters. The molecule has 0 bridgehead atoms. The zero-order valence-electron chi connectivity index (χ0n) is 13.7. The topological polar surface area (TPSA) is 74.8 Å². The van der Waals surface area contributed by atoms with E-state index in [0.29, 0.717) is 10.0 Å². The second-order valence-corrected chi connectivity index (χ2v) is 7.54. The Morgan fingerprint density at radius 2 is 1.96 bits per heavy atom. The highest BCUT2D eigenvalue weighted by molar-refractivity contribution is 7.14. The van der Waals surface area contributed by atoms with Crippen LogP contribution in [0.5, 0.6) is 0 Å². The molecule has 0 fully saturated rings. The first-order valence-electron chi connectivity index (χ1n) is 8.09. The number of rotatable bonds is 6. The average molecular weight is 381 g/mol. The number of aromatic nitrogens is 2. The van der Waals surface area contributed by atoms with Gasteiger partial charge in [-0.25, -0.2) is 4.98 Å². The monoisotopic (exact) mass is 381 g/mol. The Labute approximate surface area is 157 Å². The number of para-hydroxylation sites is 1. The van der Waals surface area contributed by atoms with Crippen LogP contribution in [0.4, 0.5) is 5.13 Å². The number of hydrogen-bond donors (Lipinski definition) is 2. The molecule has 2 N–H and O–H groups in total. The molecule has 130 valence electrons. The van der Waals surface area contributed by atoms with Crippen LogP contribution in [0.3, 0.4) is 0 Å². The van der Waals surface area contributed by atoms with Crippen LogP contribution in [0.25, 0.3) is 22.2 Å². The van der Waals surface area contributed by atoms with Crippen molar-refractivity contribution in [1.82, 2.24) is 9.97 Å². The maximum absolute atomic E-state index is 12.1. The lowest BCUT2D eigenvalue weighted by molar-refractivity contribution is -0.116. The molecule has 26 heavy (non-hydrogen) atoms. The van der Waals surface area contributed by atoms with E-state index in [1.165, 1.54) is 22.7 Å². The van der Waals surface area contributed by atoms with Crippen LogP contribution in [0.1, 0.15) is 22.5 Å². The van der Waals surface area contributed by atoms with E-state index in [4.69, 9.17) is 0 Å². The van der Waals surface area contributed by atoms with Crippen molar-refractivity contribution in [3.05, 3.63) is 58.2 Å². The standard InChI is InChI=1S/C19H15N3O2S2/c23-16(17-6-3-9-25-17)7-8-18(24)22-19-21-15(11-26-19)13-10-20-14-5-2-1-4-12(13)14/h1-6,9-11,20H,7-8H2,(H,21,22,24). The smallest absolute Gasteiger partial charge is 0.226 e. The van der Waals surface area contributed by atoms with Crippen LogP contribution in [0.2, 0.25) is 0 Å². The molecule has 0 aliphatic heterocycles. The molecule has 0 aliphatic rings. The van der Waals surface area contributed by atoms with Gasteiger partial charge in [0.15, 0.2) is 10.9 Å². The summed E-state index contributed by atoms with van der Waals surface area (Å²) in [5.41, 5.74) is 2.87. The summed E-state index contributed by atoms with van der Waals surface area (Å²) in [5.74, 6) is -0.205. The summed E-state index contributed by atoms with van der Waals surface area (Å²) in [6.07, 6.45) is 2.27. The van der Waals surface area contributed by atoms with Crippen molar-refractivity contribution in [2.24, 2.45) is 0 Å². The van der Waals surface area contributed by atoms with Crippen LogP contribution < -0.4 is 5.32 Å². The highest BCUT2D eigenvalue weighted by atomic mass is 32.1. The minimum atomic E-state index is -0.199. The third-order valence-corrected chi connectivity index (χ3v) is 5.66. The predicted molar refractivity (Wildman–Crippen MR) is 106 cm³/mol. The number of aromatic amines is 1. The highest BCUT2D eigenvalue weighted by Crippen LogP contribution is 2.31. The van der Waals surface area contributed by atoms with Gasteiger partial charge >= 0.3 is 0 Å². The van der Waals surface area contributed by atoms with E-state index < -0.39 is 0 Å². The van der Waals surface area contributed by atoms with Crippen LogP contribution in [-0.2, 0) is 4.79 Å². The zero-order valence-corrected chi connectivity index (χ0v) is 15.3. The quantitative estimate of drug-likeness (QED) is 0.464. The molecule has 5 nitrogen and oxygen atoms in total. The summed E-state index contributed by atoms with van der Waals surface area (Å²) < 4.78 is 0. The molecule has 3 aromatic heterocycles. The van der Waals surface area contributed by atoms with Gasteiger partial charge in [0.25, 0.3) is 0 Å². The molecule has 0 saturated carbocycles. The lowest BCUT2D eigenvalue weighted by Crippen LogP contribution is -2.13. The summed E-state index contributed by atoms with van der Waals surface area (Å²) in [4.78, 5) is 32.5. The molecule has 0 saturated heterocycles. The number of benzene rings is 1. The minimum Gasteiger partial charge on any atom is -0.360 e. The van der Waals surface area contributed by atoms with Gasteiger partial charge in [0.2, 0.25) is 5.91 Å². The van der Waals surface area contributed by atoms with Crippen molar-refractivity contribution in [2.45, 2.75) is 12.8 Å². The number of thiophene rings is 1. The summed E-state index contributed by atoms with van der Waals surface area (Å²) in [6.45, 7) is 0. The van der Waals surface area contributed by atoms with Crippen LogP contribution in [-0.4, -0.2) is 21.7 Å². The Kier molecular flexibility index (Phi) is 4.64. The van der Waals surface area contributed by atoms with E-state index >= 15 is 0 Å². The Morgan fingerprint density at radius 1 is 1.08 bits per heavy atom. The summed E-state index contributed by atoms with van der Waals surface area (Å²) in [7, 11) is 0. The molecule has 4 rings (SSSR count). The zero-order chi connectivity index (χ0) is 17.9. The number of fused-ring (bicyclic) bond motifs is 1. The van der Waals surface area contributed by atoms with Gasteiger partial charge in [-0.1, -0.05) is 24.3 Å². The maximum atomic E-state index is 12.1. The lowest BCUT2D eigenvalue weighted by Gasteiger charge is -2.00. The molecule has 1 amide bonds. The first kappa shape index (κ1) is 16.7. The first-order valence-corrected chi connectivity index (χ1v) is 9.85. The number of carbonyl (C=O) groups excluding carboxylic acids is 2. The van der Waals surface area contributed by atoms with E-state index in [2.05, 4.69) is 15.3 Å². The molecule has 1 aromatic carbocycles. The number of ketones is 1. The molecule has 0 radical (unpaired) electrons. The Hall–Kier alpha value is -2.77. The Morgan fingerprint density at radius 3 is 2.81 bits per heavy atom. The van der Waals surface area contributed by atoms with Crippen LogP contribution >= 0.6 is 22.7 Å². The predicted octanol–water partition coefficient (Wildman–Crippen LogP) is 4.95. The van der Waals surface area contributed by atoms with Gasteiger partial charge in [-0.15, -0.1) is 22.7 Å². The number of hydrogen-bond acceptors (Lipinski definition) is 5. The number of nitrogens with one attached hydrogen (secondary N) is 2. The normalized spacial score (nSPS) is 10.9. The lowest BCUT2D eigenvalue weighted by atomic mass is 10.1. The van der Waals surface area contributed by atoms with Gasteiger partial charge < -0.3 is 10.3 Å². The molecule has 0 spiro atoms. The van der Waals surface area contributed by atoms with Crippen molar-refractivity contribution in [1.29, 1.82) is 0 Å². The van der Waals surface area contributed by atoms with Gasteiger partial charge in [0.05, 0.1) is 10.6 Å². The SMILES string of the molecule is O=C(CCC(=O)c1cccs1)Nc1nc(-c2c[nH]c3ccccc23)cs1. The highest BCUT2D eigenvalue weighted by Gasteiger charge is 2.13. The fourth-order valence-corrected chi connectivity index (χ4v) is 4.13. The fraction of sp³-hybridized carbons (Fsp3) is 0.105. The fourth-order valence-electron chi connectivity index (χ4n) is 2.71. The summed E-state index contributed by atoms with van der Waals surface area (Å²) in [5, 5.41) is 8.19. The van der Waals surface area contributed by atoms with E-state index in [1.54, 1.807) is 6.07 Å². The summed E-state index contributed by atoms with van der Waals surface area (Å²) >= 11 is 2.77. The molecule has 3 heterocycles. The number of carbonyl (C=O) groups is 2. The number of H-pyrrole nitrogens is 1. The third-order valence-electron chi connectivity index (χ3n) is 3.99. The van der Waals surface area contributed by atoms with Crippen molar-refractivity contribution in [2.75, 3.05) is 5.32 Å². The van der Waals surface area contributed by atoms with Gasteiger partial charge in [-0.3, -0.25) is 9.59 Å². The second-order valence-electron chi connectivity index (χ2n) is 5.73. The Balaban J connectivity index is 1.40. The third kappa shape index (κ3) is 3.44. The van der Waals surface area contributed by atoms with E-state index in [9.17, 15) is 9.59 Å². The van der Waals surface area contributed by atoms with Crippen molar-refractivity contribution < 1.29 is 9.59 Å². The number of Topliss-reactive ketones (excluding diaryl/α,β-unsaturated/α-hetero) is 1. The largest absolute Gasteiger partial charge is 0.360 e. The van der Waals surface area contributed by atoms with Crippen LogP contribution in [0, 0.1) is 0 Å². The first-order chi connectivity index (χ1) is 12.7. The number of amides is 1. The number of thiazole rings is 1. The molecule has 7 heteroatoms. The van der Waals surface area contributed by atoms with Gasteiger partial charge in [0.1, 0.15) is 0 Å². The maximum Gasteiger partial charge on any atom is 0.226 e. The van der Waals surface area contributed by atoms with Crippen molar-refractivity contribution in [3.63, 3.8) is 0 Å². The van der Waals surface area contributed by atoms with Crippen LogP contribution in [0.15, 0.2) is 53.4 Å². The van der Waals surface area contributed by atoms with Gasteiger partial charge in [-0.05, 0) is 17.5 Å². The van der Waals surface area contributed by atoms with E-state index in [1.807, 2.05) is 47.3 Å². The Bertz CT molecular complexity index is 1060. The second kappa shape index (κ2) is 7.23. The summed E-state index contributed by atoms with van der Waals surface area (Å²) in [6, 6.07) is 11.6. The molecular formula is C19H15N3O2S2.